The zero-order valence-corrected chi connectivity index (χ0v) is 9.78. The van der Waals surface area contributed by atoms with Gasteiger partial charge in [0.2, 0.25) is 8.27 Å². The second kappa shape index (κ2) is 3.86. The highest BCUT2D eigenvalue weighted by Crippen LogP contribution is 2.28. The number of ether oxygens (including phenoxy) is 1. The Balaban J connectivity index is 3.26. The number of benzene rings is 1. The molecule has 0 saturated carbocycles. The molecule has 0 bridgehead atoms. The van der Waals surface area contributed by atoms with Gasteiger partial charge in [0, 0.05) is 0 Å². The molecule has 1 rings (SSSR count). The van der Waals surface area contributed by atoms with Crippen LogP contribution in [0.2, 0.25) is 5.02 Å². The summed E-state index contributed by atoms with van der Waals surface area (Å²) in [6.45, 7) is 0. The number of rotatable bonds is 2. The van der Waals surface area contributed by atoms with Gasteiger partial charge in [-0.2, -0.15) is 0 Å². The summed E-state index contributed by atoms with van der Waals surface area (Å²) >= 11 is 8.27. The molecular weight excluding hydrogens is 279 g/mol. The van der Waals surface area contributed by atoms with Crippen molar-refractivity contribution < 1.29 is 13.2 Å². The van der Waals surface area contributed by atoms with Crippen LogP contribution in [0.1, 0.15) is 0 Å². The number of methoxy groups -OCH3 is 1. The summed E-state index contributed by atoms with van der Waals surface area (Å²) in [5.41, 5.74) is 0. The van der Waals surface area contributed by atoms with Gasteiger partial charge in [-0.1, -0.05) is 11.6 Å². The highest BCUT2D eigenvalue weighted by molar-refractivity contribution is 9.47. The van der Waals surface area contributed by atoms with Crippen LogP contribution < -0.4 is 4.74 Å². The van der Waals surface area contributed by atoms with E-state index in [1.807, 2.05) is 0 Å². The lowest BCUT2D eigenvalue weighted by atomic mass is 10.3. The Bertz CT molecular complexity index is 416. The van der Waals surface area contributed by atoms with Gasteiger partial charge in [0.25, 0.3) is 0 Å². The summed E-state index contributed by atoms with van der Waals surface area (Å²) in [5, 5.41) is 0.267. The fourth-order valence-electron chi connectivity index (χ4n) is 0.799. The van der Waals surface area contributed by atoms with Crippen molar-refractivity contribution in [2.24, 2.45) is 0 Å². The maximum Gasteiger partial charge on any atom is 0.237 e. The van der Waals surface area contributed by atoms with Crippen molar-refractivity contribution >= 4 is 34.7 Å². The molecule has 0 heterocycles. The Morgan fingerprint density at radius 3 is 2.46 bits per heavy atom. The summed E-state index contributed by atoms with van der Waals surface area (Å²) in [6.07, 6.45) is 0. The molecule has 0 saturated heterocycles. The van der Waals surface area contributed by atoms with Crippen LogP contribution in [-0.4, -0.2) is 15.5 Å². The lowest BCUT2D eigenvalue weighted by Crippen LogP contribution is -1.91. The largest absolute Gasteiger partial charge is 0.495 e. The highest BCUT2D eigenvalue weighted by atomic mass is 79.9. The van der Waals surface area contributed by atoms with E-state index in [1.165, 1.54) is 25.3 Å². The third kappa shape index (κ3) is 2.59. The molecule has 0 aliphatic rings. The van der Waals surface area contributed by atoms with E-state index in [0.29, 0.717) is 5.75 Å². The zero-order chi connectivity index (χ0) is 10.1. The van der Waals surface area contributed by atoms with E-state index in [1.54, 1.807) is 0 Å². The first-order chi connectivity index (χ1) is 5.95. The minimum Gasteiger partial charge on any atom is -0.495 e. The second-order valence-corrected chi connectivity index (χ2v) is 6.55. The van der Waals surface area contributed by atoms with Crippen molar-refractivity contribution in [3.05, 3.63) is 23.2 Å². The summed E-state index contributed by atoms with van der Waals surface area (Å²) in [7, 11) is -1.92. The number of hydrogen-bond donors (Lipinski definition) is 0. The molecular formula is C7H6BrClO3S. The molecule has 0 atom stereocenters. The van der Waals surface area contributed by atoms with Gasteiger partial charge in [-0.05, 0) is 18.2 Å². The minimum absolute atomic E-state index is 0.110. The van der Waals surface area contributed by atoms with E-state index < -0.39 is 8.27 Å². The third-order valence-electron chi connectivity index (χ3n) is 1.40. The highest BCUT2D eigenvalue weighted by Gasteiger charge is 2.11. The van der Waals surface area contributed by atoms with Gasteiger partial charge in [0.1, 0.15) is 5.75 Å². The molecule has 0 unspecified atom stereocenters. The molecule has 0 aliphatic heterocycles. The average molecular weight is 286 g/mol. The molecule has 0 radical (unpaired) electrons. The molecule has 0 spiro atoms. The van der Waals surface area contributed by atoms with Gasteiger partial charge in [0.05, 0.1) is 31.8 Å². The first-order valence-corrected chi connectivity index (χ1v) is 6.94. The van der Waals surface area contributed by atoms with Gasteiger partial charge in [-0.25, -0.2) is 8.42 Å². The van der Waals surface area contributed by atoms with E-state index in [0.717, 1.165) is 0 Å². The van der Waals surface area contributed by atoms with E-state index in [-0.39, 0.29) is 9.92 Å². The molecule has 1 aromatic carbocycles. The van der Waals surface area contributed by atoms with Crippen LogP contribution in [0.3, 0.4) is 0 Å². The molecule has 3 nitrogen and oxygen atoms in total. The normalized spacial score (nSPS) is 11.3. The summed E-state index contributed by atoms with van der Waals surface area (Å²) in [6, 6.07) is 4.23. The van der Waals surface area contributed by atoms with Crippen LogP contribution in [-0.2, 0) is 8.27 Å². The quantitative estimate of drug-likeness (QED) is 0.784. The van der Waals surface area contributed by atoms with Crippen molar-refractivity contribution in [3.63, 3.8) is 0 Å². The van der Waals surface area contributed by atoms with E-state index in [2.05, 4.69) is 14.8 Å². The Morgan fingerprint density at radius 1 is 1.46 bits per heavy atom. The molecule has 13 heavy (non-hydrogen) atoms. The number of halogens is 2. The monoisotopic (exact) mass is 284 g/mol. The lowest BCUT2D eigenvalue weighted by Gasteiger charge is -2.03. The smallest absolute Gasteiger partial charge is 0.237 e. The second-order valence-electron chi connectivity index (χ2n) is 2.23. The molecule has 0 aliphatic carbocycles. The van der Waals surface area contributed by atoms with Gasteiger partial charge in [-0.3, -0.25) is 0 Å². The zero-order valence-electron chi connectivity index (χ0n) is 6.62. The van der Waals surface area contributed by atoms with Crippen LogP contribution >= 0.6 is 26.4 Å². The van der Waals surface area contributed by atoms with Crippen LogP contribution in [0.25, 0.3) is 0 Å². The van der Waals surface area contributed by atoms with E-state index in [9.17, 15) is 8.42 Å². The Morgan fingerprint density at radius 2 is 2.08 bits per heavy atom. The first-order valence-electron chi connectivity index (χ1n) is 3.23. The Hall–Kier alpha value is -0.260. The van der Waals surface area contributed by atoms with Crippen LogP contribution in [0.15, 0.2) is 23.1 Å². The Labute approximate surface area is 88.8 Å². The summed E-state index contributed by atoms with van der Waals surface area (Å²) in [4.78, 5) is 0.110. The molecule has 0 N–H and O–H groups in total. The first kappa shape index (κ1) is 10.8. The van der Waals surface area contributed by atoms with Gasteiger partial charge in [-0.15, -0.1) is 0 Å². The summed E-state index contributed by atoms with van der Waals surface area (Å²) in [5.74, 6) is 0.446. The van der Waals surface area contributed by atoms with Crippen molar-refractivity contribution in [1.82, 2.24) is 0 Å². The average Bonchev–Trinajstić information content (AvgIpc) is 2.02. The van der Waals surface area contributed by atoms with Gasteiger partial charge >= 0.3 is 0 Å². The molecule has 0 aromatic heterocycles. The van der Waals surface area contributed by atoms with Gasteiger partial charge < -0.3 is 4.74 Å². The molecule has 0 amide bonds. The minimum atomic E-state index is -3.38. The fraction of sp³-hybridized carbons (Fsp3) is 0.143. The maximum absolute atomic E-state index is 11.0. The fourth-order valence-corrected chi connectivity index (χ4v) is 2.21. The van der Waals surface area contributed by atoms with Gasteiger partial charge in [0.15, 0.2) is 0 Å². The number of hydrogen-bond acceptors (Lipinski definition) is 3. The van der Waals surface area contributed by atoms with Crippen LogP contribution in [0.5, 0.6) is 5.75 Å². The van der Waals surface area contributed by atoms with E-state index >= 15 is 0 Å². The van der Waals surface area contributed by atoms with Crippen LogP contribution in [0.4, 0.5) is 0 Å². The molecule has 1 aromatic rings. The van der Waals surface area contributed by atoms with Crippen molar-refractivity contribution in [3.8, 4) is 5.75 Å². The summed E-state index contributed by atoms with van der Waals surface area (Å²) < 4.78 is 26.9. The molecule has 72 valence electrons. The third-order valence-corrected chi connectivity index (χ3v) is 3.64. The van der Waals surface area contributed by atoms with Crippen molar-refractivity contribution in [2.75, 3.05) is 7.11 Å². The topological polar surface area (TPSA) is 43.4 Å². The predicted molar refractivity (Wildman–Crippen MR) is 54.1 cm³/mol. The predicted octanol–water partition coefficient (Wildman–Crippen LogP) is 2.43. The SMILES string of the molecule is COc1ccc(S(=O)(=O)Br)cc1Cl. The standard InChI is InChI=1S/C7H6BrClO3S/c1-12-7-3-2-5(4-6(7)9)13(8,10)11/h2-4H,1H3. The lowest BCUT2D eigenvalue weighted by molar-refractivity contribution is 0.414. The Kier molecular flexibility index (Phi) is 3.21. The molecule has 6 heteroatoms. The van der Waals surface area contributed by atoms with Crippen molar-refractivity contribution in [2.45, 2.75) is 4.90 Å². The molecule has 0 fully saturated rings. The van der Waals surface area contributed by atoms with Crippen molar-refractivity contribution in [1.29, 1.82) is 0 Å². The maximum atomic E-state index is 11.0. The van der Waals surface area contributed by atoms with Crippen LogP contribution in [0, 0.1) is 0 Å². The van der Waals surface area contributed by atoms with E-state index in [4.69, 9.17) is 16.3 Å².